The van der Waals surface area contributed by atoms with Gasteiger partial charge in [-0.25, -0.2) is 9.59 Å². The average molecular weight is 272 g/mol. The highest BCUT2D eigenvalue weighted by atomic mass is 16.5. The molecule has 0 aromatic carbocycles. The summed E-state index contributed by atoms with van der Waals surface area (Å²) in [5.41, 5.74) is 0. The lowest BCUT2D eigenvalue weighted by Gasteiger charge is -2.14. The van der Waals surface area contributed by atoms with E-state index < -0.39 is 24.0 Å². The van der Waals surface area contributed by atoms with Gasteiger partial charge in [-0.3, -0.25) is 4.79 Å². The van der Waals surface area contributed by atoms with Crippen LogP contribution < -0.4 is 10.6 Å². The van der Waals surface area contributed by atoms with E-state index in [-0.39, 0.29) is 12.8 Å². The minimum atomic E-state index is -1.17. The Balaban J connectivity index is 2.28. The van der Waals surface area contributed by atoms with Gasteiger partial charge in [-0.1, -0.05) is 6.92 Å². The Morgan fingerprint density at radius 1 is 1.42 bits per heavy atom. The maximum Gasteiger partial charge on any atom is 0.326 e. The number of aliphatic carboxylic acids is 1. The van der Waals surface area contributed by atoms with Gasteiger partial charge in [-0.2, -0.15) is 0 Å². The minimum Gasteiger partial charge on any atom is -0.480 e. The molecule has 0 aromatic heterocycles. The third-order valence-corrected chi connectivity index (χ3v) is 3.27. The molecule has 0 saturated heterocycles. The Kier molecular flexibility index (Phi) is 5.59. The van der Waals surface area contributed by atoms with Crippen LogP contribution in [-0.2, 0) is 14.3 Å². The third kappa shape index (κ3) is 5.58. The normalized spacial score (nSPS) is 22.2. The highest BCUT2D eigenvalue weighted by molar-refractivity contribution is 5.83. The van der Waals surface area contributed by atoms with E-state index in [1.54, 1.807) is 0 Å². The van der Waals surface area contributed by atoms with Crippen molar-refractivity contribution in [2.45, 2.75) is 32.2 Å². The lowest BCUT2D eigenvalue weighted by molar-refractivity contribution is -0.142. The number of carbonyl (C=O) groups excluding carboxylic acids is 2. The first-order valence-corrected chi connectivity index (χ1v) is 6.28. The second-order valence-electron chi connectivity index (χ2n) is 4.83. The van der Waals surface area contributed by atoms with E-state index in [2.05, 4.69) is 22.3 Å². The second kappa shape index (κ2) is 6.96. The molecular weight excluding hydrogens is 252 g/mol. The molecule has 2 amide bonds. The van der Waals surface area contributed by atoms with Crippen LogP contribution in [0.15, 0.2) is 0 Å². The number of ether oxygens (including phenoxy) is 1. The highest BCUT2D eigenvalue weighted by Crippen LogP contribution is 2.36. The Morgan fingerprint density at radius 3 is 2.53 bits per heavy atom. The van der Waals surface area contributed by atoms with E-state index in [9.17, 15) is 14.4 Å². The first-order valence-electron chi connectivity index (χ1n) is 6.28. The molecule has 1 fully saturated rings. The number of hydrogen-bond donors (Lipinski definition) is 3. The summed E-state index contributed by atoms with van der Waals surface area (Å²) in [6, 6.07) is -1.60. The molecule has 0 heterocycles. The predicted octanol–water partition coefficient (Wildman–Crippen LogP) is 0.348. The predicted molar refractivity (Wildman–Crippen MR) is 66.5 cm³/mol. The van der Waals surface area contributed by atoms with Crippen LogP contribution in [0.2, 0.25) is 0 Å². The minimum absolute atomic E-state index is 0.00918. The van der Waals surface area contributed by atoms with Crippen molar-refractivity contribution in [2.24, 2.45) is 11.8 Å². The molecule has 0 spiro atoms. The quantitative estimate of drug-likeness (QED) is 0.580. The topological polar surface area (TPSA) is 105 Å². The Bertz CT molecular complexity index is 358. The number of nitrogens with one attached hydrogen (secondary N) is 2. The van der Waals surface area contributed by atoms with Crippen LogP contribution in [0.5, 0.6) is 0 Å². The lowest BCUT2D eigenvalue weighted by atomic mass is 10.1. The Morgan fingerprint density at radius 2 is 2.05 bits per heavy atom. The SMILES string of the molecule is COC(=O)CC[C@@H](NC(=O)NCC1CC1C)C(=O)O. The summed E-state index contributed by atoms with van der Waals surface area (Å²) in [6.45, 7) is 2.65. The highest BCUT2D eigenvalue weighted by Gasteiger charge is 2.32. The molecule has 0 bridgehead atoms. The molecule has 1 aliphatic carbocycles. The number of urea groups is 1. The number of amides is 2. The summed E-state index contributed by atoms with van der Waals surface area (Å²) in [5.74, 6) is -0.557. The van der Waals surface area contributed by atoms with Crippen molar-refractivity contribution in [3.63, 3.8) is 0 Å². The van der Waals surface area contributed by atoms with Crippen LogP contribution in [0.3, 0.4) is 0 Å². The number of carbonyl (C=O) groups is 3. The Labute approximate surface area is 111 Å². The zero-order valence-electron chi connectivity index (χ0n) is 11.1. The Hall–Kier alpha value is -1.79. The number of hydrogen-bond acceptors (Lipinski definition) is 4. The molecule has 2 unspecified atom stereocenters. The molecule has 108 valence electrons. The molecule has 1 saturated carbocycles. The van der Waals surface area contributed by atoms with Crippen LogP contribution in [0, 0.1) is 11.8 Å². The zero-order chi connectivity index (χ0) is 14.4. The van der Waals surface area contributed by atoms with Gasteiger partial charge >= 0.3 is 18.0 Å². The van der Waals surface area contributed by atoms with E-state index in [0.717, 1.165) is 6.42 Å². The van der Waals surface area contributed by atoms with E-state index >= 15 is 0 Å². The monoisotopic (exact) mass is 272 g/mol. The van der Waals surface area contributed by atoms with Crippen molar-refractivity contribution in [2.75, 3.05) is 13.7 Å². The summed E-state index contributed by atoms with van der Waals surface area (Å²) < 4.78 is 4.42. The third-order valence-electron chi connectivity index (χ3n) is 3.27. The standard InChI is InChI=1S/C12H20N2O5/c1-7-5-8(7)6-13-12(18)14-9(11(16)17)3-4-10(15)19-2/h7-9H,3-6H2,1-2H3,(H,16,17)(H2,13,14,18)/t7?,8?,9-/m1/s1. The fourth-order valence-electron chi connectivity index (χ4n) is 1.74. The van der Waals surface area contributed by atoms with Crippen LogP contribution in [0.25, 0.3) is 0 Å². The zero-order valence-corrected chi connectivity index (χ0v) is 11.1. The fourth-order valence-corrected chi connectivity index (χ4v) is 1.74. The molecule has 7 heteroatoms. The van der Waals surface area contributed by atoms with Crippen LogP contribution >= 0.6 is 0 Å². The van der Waals surface area contributed by atoms with Gasteiger partial charge in [0.05, 0.1) is 7.11 Å². The molecule has 1 aliphatic rings. The molecule has 19 heavy (non-hydrogen) atoms. The molecule has 0 radical (unpaired) electrons. The van der Waals surface area contributed by atoms with E-state index in [0.29, 0.717) is 18.4 Å². The first kappa shape index (κ1) is 15.3. The van der Waals surface area contributed by atoms with Crippen LogP contribution in [0.4, 0.5) is 4.79 Å². The molecule has 0 aliphatic heterocycles. The molecule has 3 atom stereocenters. The molecule has 3 N–H and O–H groups in total. The van der Waals surface area contributed by atoms with Crippen molar-refractivity contribution < 1.29 is 24.2 Å². The number of rotatable bonds is 7. The maximum absolute atomic E-state index is 11.5. The van der Waals surface area contributed by atoms with Crippen molar-refractivity contribution in [1.82, 2.24) is 10.6 Å². The smallest absolute Gasteiger partial charge is 0.326 e. The van der Waals surface area contributed by atoms with E-state index in [1.807, 2.05) is 0 Å². The van der Waals surface area contributed by atoms with Crippen molar-refractivity contribution >= 4 is 18.0 Å². The van der Waals surface area contributed by atoms with Gasteiger partial charge in [-0.05, 0) is 24.7 Å². The van der Waals surface area contributed by atoms with Gasteiger partial charge in [0.2, 0.25) is 0 Å². The summed E-state index contributed by atoms with van der Waals surface area (Å²) >= 11 is 0. The number of methoxy groups -OCH3 is 1. The van der Waals surface area contributed by atoms with Crippen molar-refractivity contribution in [3.8, 4) is 0 Å². The van der Waals surface area contributed by atoms with Gasteiger partial charge < -0.3 is 20.5 Å². The molecule has 7 nitrogen and oxygen atoms in total. The van der Waals surface area contributed by atoms with Gasteiger partial charge in [0.25, 0.3) is 0 Å². The first-order chi connectivity index (χ1) is 8.93. The summed E-state index contributed by atoms with van der Waals surface area (Å²) in [5, 5.41) is 13.9. The largest absolute Gasteiger partial charge is 0.480 e. The second-order valence-corrected chi connectivity index (χ2v) is 4.83. The molecule has 1 rings (SSSR count). The van der Waals surface area contributed by atoms with E-state index in [4.69, 9.17) is 5.11 Å². The van der Waals surface area contributed by atoms with Crippen LogP contribution in [-0.4, -0.2) is 42.8 Å². The van der Waals surface area contributed by atoms with Crippen molar-refractivity contribution in [3.05, 3.63) is 0 Å². The van der Waals surface area contributed by atoms with Gasteiger partial charge in [0.15, 0.2) is 0 Å². The summed E-state index contributed by atoms with van der Waals surface area (Å²) in [7, 11) is 1.23. The fraction of sp³-hybridized carbons (Fsp3) is 0.750. The summed E-state index contributed by atoms with van der Waals surface area (Å²) in [4.78, 5) is 33.4. The number of carboxylic acids is 1. The lowest BCUT2D eigenvalue weighted by Crippen LogP contribution is -2.46. The van der Waals surface area contributed by atoms with Gasteiger partial charge in [0, 0.05) is 13.0 Å². The molecular formula is C12H20N2O5. The number of esters is 1. The van der Waals surface area contributed by atoms with Gasteiger partial charge in [-0.15, -0.1) is 0 Å². The maximum atomic E-state index is 11.5. The number of carboxylic acid groups (broad SMARTS) is 1. The van der Waals surface area contributed by atoms with Crippen LogP contribution in [0.1, 0.15) is 26.2 Å². The van der Waals surface area contributed by atoms with Crippen molar-refractivity contribution in [1.29, 1.82) is 0 Å². The molecule has 0 aromatic rings. The average Bonchev–Trinajstić information content (AvgIpc) is 3.07. The van der Waals surface area contributed by atoms with Gasteiger partial charge in [0.1, 0.15) is 6.04 Å². The van der Waals surface area contributed by atoms with E-state index in [1.165, 1.54) is 7.11 Å². The summed E-state index contributed by atoms with van der Waals surface area (Å²) in [6.07, 6.45) is 1.05.